The molecule has 1 aromatic rings. The summed E-state index contributed by atoms with van der Waals surface area (Å²) in [5.41, 5.74) is -0.421. The van der Waals surface area contributed by atoms with Gasteiger partial charge in [-0.2, -0.15) is 0 Å². The van der Waals surface area contributed by atoms with Crippen molar-refractivity contribution in [3.8, 4) is 5.75 Å². The Morgan fingerprint density at radius 3 is 3.22 bits per heavy atom. The van der Waals surface area contributed by atoms with Crippen LogP contribution in [0.5, 0.6) is 5.75 Å². The standard InChI is InChI=1S/C7H7BrO/c1-5-2-3-6(9)4-7(5)8/h2-4,9H,1H3/i1D3,2D,3D,4D. The van der Waals surface area contributed by atoms with Crippen LogP contribution >= 0.6 is 15.9 Å². The molecule has 0 amide bonds. The molecular weight excluding hydrogens is 180 g/mol. The van der Waals surface area contributed by atoms with E-state index in [2.05, 4.69) is 15.9 Å². The highest BCUT2D eigenvalue weighted by Crippen LogP contribution is 2.20. The lowest BCUT2D eigenvalue weighted by molar-refractivity contribution is 0.475. The number of phenols is 1. The highest BCUT2D eigenvalue weighted by atomic mass is 79.9. The van der Waals surface area contributed by atoms with Gasteiger partial charge in [-0.3, -0.25) is 0 Å². The molecule has 0 fully saturated rings. The highest BCUT2D eigenvalue weighted by Gasteiger charge is 1.92. The second-order valence-corrected chi connectivity index (χ2v) is 2.21. The van der Waals surface area contributed by atoms with Crippen LogP contribution in [0.15, 0.2) is 22.6 Å². The summed E-state index contributed by atoms with van der Waals surface area (Å²) < 4.78 is 43.3. The molecule has 0 heterocycles. The molecule has 1 rings (SSSR count). The number of benzene rings is 1. The number of phenolic OH excluding ortho intramolecular Hbond substituents is 1. The van der Waals surface area contributed by atoms with Crippen molar-refractivity contribution < 1.29 is 13.3 Å². The van der Waals surface area contributed by atoms with Crippen LogP contribution in [0.25, 0.3) is 0 Å². The largest absolute Gasteiger partial charge is 0.508 e. The fraction of sp³-hybridized carbons (Fsp3) is 0.143. The van der Waals surface area contributed by atoms with Gasteiger partial charge in [-0.25, -0.2) is 0 Å². The molecule has 0 atom stereocenters. The fourth-order valence-electron chi connectivity index (χ4n) is 0.374. The Bertz CT molecular complexity index is 384. The van der Waals surface area contributed by atoms with Gasteiger partial charge in [0.2, 0.25) is 0 Å². The van der Waals surface area contributed by atoms with Crippen LogP contribution in [0.4, 0.5) is 0 Å². The molecule has 9 heavy (non-hydrogen) atoms. The third-order valence-corrected chi connectivity index (χ3v) is 1.35. The highest BCUT2D eigenvalue weighted by molar-refractivity contribution is 9.10. The Kier molecular flexibility index (Phi) is 0.605. The van der Waals surface area contributed by atoms with E-state index in [1.54, 1.807) is 0 Å². The summed E-state index contributed by atoms with van der Waals surface area (Å²) >= 11 is 2.84. The zero-order chi connectivity index (χ0) is 12.0. The van der Waals surface area contributed by atoms with Gasteiger partial charge in [-0.1, -0.05) is 22.0 Å². The van der Waals surface area contributed by atoms with Crippen molar-refractivity contribution >= 4 is 15.9 Å². The first kappa shape index (κ1) is 2.27. The van der Waals surface area contributed by atoms with Gasteiger partial charge >= 0.3 is 0 Å². The normalized spacial score (nSPS) is 20.6. The lowest BCUT2D eigenvalue weighted by atomic mass is 10.2. The number of hydrogen-bond donors (Lipinski definition) is 1. The van der Waals surface area contributed by atoms with Crippen LogP contribution in [0.3, 0.4) is 0 Å². The van der Waals surface area contributed by atoms with E-state index in [0.717, 1.165) is 0 Å². The third kappa shape index (κ3) is 1.45. The van der Waals surface area contributed by atoms with E-state index in [4.69, 9.17) is 8.22 Å². The van der Waals surface area contributed by atoms with Crippen molar-refractivity contribution in [1.29, 1.82) is 0 Å². The topological polar surface area (TPSA) is 20.2 Å². The molecule has 0 radical (unpaired) electrons. The van der Waals surface area contributed by atoms with Crippen LogP contribution in [-0.4, -0.2) is 5.11 Å². The van der Waals surface area contributed by atoms with E-state index in [-0.39, 0.29) is 4.47 Å². The Morgan fingerprint density at radius 2 is 2.56 bits per heavy atom. The van der Waals surface area contributed by atoms with Crippen LogP contribution in [0, 0.1) is 6.85 Å². The zero-order valence-electron chi connectivity index (χ0n) is 10.3. The molecule has 0 spiro atoms. The number of hydrogen-bond acceptors (Lipinski definition) is 1. The van der Waals surface area contributed by atoms with Crippen molar-refractivity contribution in [2.24, 2.45) is 0 Å². The van der Waals surface area contributed by atoms with E-state index >= 15 is 0 Å². The summed E-state index contributed by atoms with van der Waals surface area (Å²) in [5, 5.41) is 9.25. The SMILES string of the molecule is [2H]c1c([2H])c(C([2H])([2H])[2H])c(Br)c([2H])c1O. The van der Waals surface area contributed by atoms with Crippen LogP contribution in [-0.2, 0) is 0 Å². The van der Waals surface area contributed by atoms with Gasteiger partial charge in [0.15, 0.2) is 0 Å². The first-order valence-corrected chi connectivity index (χ1v) is 2.96. The van der Waals surface area contributed by atoms with E-state index in [9.17, 15) is 5.11 Å². The molecule has 0 aliphatic carbocycles. The second kappa shape index (κ2) is 2.40. The van der Waals surface area contributed by atoms with E-state index in [0.29, 0.717) is 0 Å². The minimum atomic E-state index is -2.59. The molecule has 0 bridgehead atoms. The molecule has 0 saturated carbocycles. The van der Waals surface area contributed by atoms with Crippen molar-refractivity contribution in [3.63, 3.8) is 0 Å². The summed E-state index contributed by atoms with van der Waals surface area (Å²) in [6.07, 6.45) is 0. The Balaban J connectivity index is 3.68. The number of halogens is 1. The summed E-state index contributed by atoms with van der Waals surface area (Å²) in [6.45, 7) is -2.59. The summed E-state index contributed by atoms with van der Waals surface area (Å²) in [6, 6.07) is -1.72. The molecule has 0 saturated heterocycles. The summed E-state index contributed by atoms with van der Waals surface area (Å²) in [4.78, 5) is 0. The van der Waals surface area contributed by atoms with Crippen molar-refractivity contribution in [2.75, 3.05) is 0 Å². The van der Waals surface area contributed by atoms with Crippen LogP contribution in [0.2, 0.25) is 0 Å². The Hall–Kier alpha value is -0.500. The van der Waals surface area contributed by atoms with Gasteiger partial charge < -0.3 is 5.11 Å². The lowest BCUT2D eigenvalue weighted by Gasteiger charge is -1.95. The van der Waals surface area contributed by atoms with E-state index < -0.39 is 36.3 Å². The second-order valence-electron chi connectivity index (χ2n) is 1.41. The first-order valence-electron chi connectivity index (χ1n) is 5.16. The molecule has 0 aliphatic heterocycles. The Labute approximate surface area is 70.9 Å². The van der Waals surface area contributed by atoms with Gasteiger partial charge in [0.25, 0.3) is 0 Å². The maximum atomic E-state index is 9.25. The maximum Gasteiger partial charge on any atom is 0.116 e. The molecule has 2 heteroatoms. The van der Waals surface area contributed by atoms with Crippen LogP contribution in [0.1, 0.15) is 13.8 Å². The molecular formula is C7H7BrO. The van der Waals surface area contributed by atoms with Crippen molar-refractivity contribution in [1.82, 2.24) is 0 Å². The number of rotatable bonds is 0. The van der Waals surface area contributed by atoms with Gasteiger partial charge in [0.05, 0.1) is 4.11 Å². The predicted molar refractivity (Wildman–Crippen MR) is 40.5 cm³/mol. The molecule has 0 aromatic heterocycles. The van der Waals surface area contributed by atoms with Gasteiger partial charge in [-0.05, 0) is 24.5 Å². The smallest absolute Gasteiger partial charge is 0.116 e. The average Bonchev–Trinajstić information content (AvgIpc) is 2.09. The lowest BCUT2D eigenvalue weighted by Crippen LogP contribution is -1.72. The molecule has 1 N–H and O–H groups in total. The Morgan fingerprint density at radius 1 is 1.78 bits per heavy atom. The first-order chi connectivity index (χ1) is 6.68. The van der Waals surface area contributed by atoms with E-state index in [1.165, 1.54) is 0 Å². The van der Waals surface area contributed by atoms with Crippen LogP contribution < -0.4 is 0 Å². The molecule has 1 nitrogen and oxygen atoms in total. The maximum absolute atomic E-state index is 9.25. The fourth-order valence-corrected chi connectivity index (χ4v) is 0.661. The minimum Gasteiger partial charge on any atom is -0.508 e. The summed E-state index contributed by atoms with van der Waals surface area (Å²) in [7, 11) is 0. The van der Waals surface area contributed by atoms with Gasteiger partial charge in [0.1, 0.15) is 5.75 Å². The minimum absolute atomic E-state index is 0.166. The van der Waals surface area contributed by atoms with Gasteiger partial charge in [-0.15, -0.1) is 0 Å². The monoisotopic (exact) mass is 192 g/mol. The third-order valence-electron chi connectivity index (χ3n) is 0.754. The molecule has 0 unspecified atom stereocenters. The molecule has 48 valence electrons. The zero-order valence-corrected chi connectivity index (χ0v) is 5.91. The molecule has 0 aliphatic rings. The predicted octanol–water partition coefficient (Wildman–Crippen LogP) is 2.46. The molecule has 1 aromatic carbocycles. The summed E-state index contributed by atoms with van der Waals surface area (Å²) in [5.74, 6) is -0.695. The number of aromatic hydroxyl groups is 1. The van der Waals surface area contributed by atoms with Gasteiger partial charge in [0, 0.05) is 8.58 Å². The quantitative estimate of drug-likeness (QED) is 0.670. The van der Waals surface area contributed by atoms with E-state index in [1.807, 2.05) is 0 Å². The average molecular weight is 193 g/mol. The van der Waals surface area contributed by atoms with Crippen molar-refractivity contribution in [3.05, 3.63) is 28.2 Å². The van der Waals surface area contributed by atoms with Crippen molar-refractivity contribution in [2.45, 2.75) is 6.85 Å².